The number of rotatable bonds is 6. The maximum atomic E-state index is 12.9. The Labute approximate surface area is 156 Å². The molecule has 1 heterocycles. The number of nitro benzene ring substituents is 1. The summed E-state index contributed by atoms with van der Waals surface area (Å²) in [5, 5.41) is 10.8. The third kappa shape index (κ3) is 4.29. The van der Waals surface area contributed by atoms with Gasteiger partial charge in [0.15, 0.2) is 0 Å². The second-order valence-electron chi connectivity index (χ2n) is 6.85. The Bertz CT molecular complexity index is 985. The van der Waals surface area contributed by atoms with E-state index in [0.717, 1.165) is 34.7 Å². The number of alkyl halides is 3. The second-order valence-corrected chi connectivity index (χ2v) is 6.85. The summed E-state index contributed by atoms with van der Waals surface area (Å²) in [5.41, 5.74) is -0.859. The lowest BCUT2D eigenvalue weighted by molar-refractivity contribution is -0.384. The number of carbonyl (C=O) groups excluding carboxylic acids is 1. The quantitative estimate of drug-likeness (QED) is 0.550. The highest BCUT2D eigenvalue weighted by Crippen LogP contribution is 2.36. The van der Waals surface area contributed by atoms with E-state index in [1.165, 1.54) is 12.1 Å². The van der Waals surface area contributed by atoms with Gasteiger partial charge in [0.2, 0.25) is 5.91 Å². The van der Waals surface area contributed by atoms with Crippen molar-refractivity contribution in [3.63, 3.8) is 0 Å². The predicted molar refractivity (Wildman–Crippen MR) is 92.6 cm³/mol. The summed E-state index contributed by atoms with van der Waals surface area (Å²) in [6.07, 6.45) is -2.00. The maximum Gasteiger partial charge on any atom is 0.406 e. The lowest BCUT2D eigenvalue weighted by atomic mass is 10.1. The van der Waals surface area contributed by atoms with Gasteiger partial charge in [0.25, 0.3) is 11.2 Å². The Morgan fingerprint density at radius 1 is 1.43 bits per heavy atom. The van der Waals surface area contributed by atoms with E-state index in [4.69, 9.17) is 0 Å². The highest BCUT2D eigenvalue weighted by Gasteiger charge is 2.40. The van der Waals surface area contributed by atoms with E-state index in [2.05, 4.69) is 4.98 Å². The van der Waals surface area contributed by atoms with Crippen LogP contribution in [0.2, 0.25) is 0 Å². The van der Waals surface area contributed by atoms with Gasteiger partial charge in [-0.2, -0.15) is 13.2 Å². The number of halogens is 3. The molecule has 1 aromatic carbocycles. The minimum Gasteiger partial charge on any atom is -0.329 e. The average molecular weight is 398 g/mol. The van der Waals surface area contributed by atoms with E-state index >= 15 is 0 Å². The van der Waals surface area contributed by atoms with Crippen molar-refractivity contribution in [3.05, 3.63) is 45.0 Å². The van der Waals surface area contributed by atoms with Crippen LogP contribution in [0.15, 0.2) is 29.3 Å². The Balaban J connectivity index is 1.90. The number of nitro groups is 1. The number of benzene rings is 1. The topological polar surface area (TPSA) is 98.3 Å². The summed E-state index contributed by atoms with van der Waals surface area (Å²) in [4.78, 5) is 40.1. The number of carbonyl (C=O) groups is 1. The largest absolute Gasteiger partial charge is 0.406 e. The van der Waals surface area contributed by atoms with Crippen molar-refractivity contribution in [1.29, 1.82) is 0 Å². The van der Waals surface area contributed by atoms with Crippen LogP contribution in [0, 0.1) is 16.0 Å². The van der Waals surface area contributed by atoms with Crippen molar-refractivity contribution in [3.8, 4) is 0 Å². The molecule has 28 heavy (non-hydrogen) atoms. The molecule has 0 bridgehead atoms. The summed E-state index contributed by atoms with van der Waals surface area (Å²) in [5.74, 6) is -0.842. The van der Waals surface area contributed by atoms with Crippen LogP contribution in [0.4, 0.5) is 18.9 Å². The number of non-ortho nitro benzene ring substituents is 1. The highest BCUT2D eigenvalue weighted by atomic mass is 19.4. The van der Waals surface area contributed by atoms with Gasteiger partial charge in [-0.15, -0.1) is 0 Å². The van der Waals surface area contributed by atoms with E-state index in [0.29, 0.717) is 0 Å². The minimum absolute atomic E-state index is 0.0143. The standard InChI is InChI=1S/C17H17F3N4O4/c1-10(11-2-3-11)23(8-17(18,19)20)15(25)7-22-9-21-14-5-4-12(24(27)28)6-13(14)16(22)26/h4-6,9-11H,2-3,7-8H2,1H3/t10-/m0/s1. The van der Waals surface area contributed by atoms with Gasteiger partial charge in [-0.1, -0.05) is 0 Å². The molecule has 0 spiro atoms. The smallest absolute Gasteiger partial charge is 0.329 e. The van der Waals surface area contributed by atoms with Gasteiger partial charge in [0.1, 0.15) is 13.1 Å². The van der Waals surface area contributed by atoms with E-state index in [1.54, 1.807) is 6.92 Å². The summed E-state index contributed by atoms with van der Waals surface area (Å²) < 4.78 is 39.6. The minimum atomic E-state index is -4.56. The fourth-order valence-corrected chi connectivity index (χ4v) is 3.10. The van der Waals surface area contributed by atoms with E-state index in [9.17, 15) is 32.9 Å². The molecule has 0 radical (unpaired) electrons. The number of amides is 1. The third-order valence-corrected chi connectivity index (χ3v) is 4.79. The van der Waals surface area contributed by atoms with Crippen molar-refractivity contribution in [2.45, 2.75) is 38.5 Å². The predicted octanol–water partition coefficient (Wildman–Crippen LogP) is 2.49. The third-order valence-electron chi connectivity index (χ3n) is 4.79. The molecule has 0 unspecified atom stereocenters. The van der Waals surface area contributed by atoms with Crippen LogP contribution in [0.5, 0.6) is 0 Å². The summed E-state index contributed by atoms with van der Waals surface area (Å²) in [6, 6.07) is 2.92. The first-order chi connectivity index (χ1) is 13.1. The van der Waals surface area contributed by atoms with Crippen LogP contribution in [0.1, 0.15) is 19.8 Å². The number of nitrogens with zero attached hydrogens (tertiary/aromatic N) is 4. The second kappa shape index (κ2) is 7.21. The Morgan fingerprint density at radius 3 is 2.68 bits per heavy atom. The van der Waals surface area contributed by atoms with Crippen LogP contribution in [0.3, 0.4) is 0 Å². The van der Waals surface area contributed by atoms with E-state index in [1.807, 2.05) is 0 Å². The molecule has 1 fully saturated rings. The van der Waals surface area contributed by atoms with Crippen molar-refractivity contribution in [2.24, 2.45) is 5.92 Å². The Kier molecular flexibility index (Phi) is 5.09. The molecule has 0 aliphatic heterocycles. The van der Waals surface area contributed by atoms with Gasteiger partial charge in [-0.05, 0) is 31.7 Å². The fraction of sp³-hybridized carbons (Fsp3) is 0.471. The molecular formula is C17H17F3N4O4. The molecule has 3 rings (SSSR count). The van der Waals surface area contributed by atoms with Crippen LogP contribution in [0.25, 0.3) is 10.9 Å². The van der Waals surface area contributed by atoms with Gasteiger partial charge in [0.05, 0.1) is 22.2 Å². The van der Waals surface area contributed by atoms with Crippen LogP contribution >= 0.6 is 0 Å². The average Bonchev–Trinajstić information content (AvgIpc) is 3.45. The Morgan fingerprint density at radius 2 is 2.11 bits per heavy atom. The molecule has 1 aliphatic rings. The molecule has 1 amide bonds. The molecule has 2 aromatic rings. The monoisotopic (exact) mass is 398 g/mol. The number of fused-ring (bicyclic) bond motifs is 1. The molecule has 1 saturated carbocycles. The SMILES string of the molecule is C[C@@H](C1CC1)N(CC(F)(F)F)C(=O)Cn1cnc2ccc([N+](=O)[O-])cc2c1=O. The van der Waals surface area contributed by atoms with Crippen molar-refractivity contribution >= 4 is 22.5 Å². The van der Waals surface area contributed by atoms with E-state index in [-0.39, 0.29) is 22.5 Å². The van der Waals surface area contributed by atoms with Gasteiger partial charge in [-0.3, -0.25) is 24.3 Å². The molecule has 0 saturated heterocycles. The summed E-state index contributed by atoms with van der Waals surface area (Å²) >= 11 is 0. The normalized spacial score (nSPS) is 15.4. The molecular weight excluding hydrogens is 381 g/mol. The first kappa shape index (κ1) is 19.8. The van der Waals surface area contributed by atoms with Gasteiger partial charge in [0, 0.05) is 18.2 Å². The van der Waals surface area contributed by atoms with Crippen LogP contribution in [-0.2, 0) is 11.3 Å². The fourth-order valence-electron chi connectivity index (χ4n) is 3.10. The number of hydrogen-bond donors (Lipinski definition) is 0. The van der Waals surface area contributed by atoms with Gasteiger partial charge < -0.3 is 4.90 Å². The molecule has 1 atom stereocenters. The first-order valence-corrected chi connectivity index (χ1v) is 8.56. The molecule has 150 valence electrons. The molecule has 1 aromatic heterocycles. The molecule has 1 aliphatic carbocycles. The lowest BCUT2D eigenvalue weighted by Gasteiger charge is -2.30. The number of hydrogen-bond acceptors (Lipinski definition) is 5. The molecule has 8 nitrogen and oxygen atoms in total. The Hall–Kier alpha value is -2.98. The molecule has 11 heteroatoms. The van der Waals surface area contributed by atoms with Crippen LogP contribution in [-0.4, -0.2) is 44.0 Å². The summed E-state index contributed by atoms with van der Waals surface area (Å²) in [7, 11) is 0. The number of aromatic nitrogens is 2. The van der Waals surface area contributed by atoms with Crippen molar-refractivity contribution < 1.29 is 22.9 Å². The molecule has 0 N–H and O–H groups in total. The zero-order valence-electron chi connectivity index (χ0n) is 14.8. The lowest BCUT2D eigenvalue weighted by Crippen LogP contribution is -2.47. The van der Waals surface area contributed by atoms with Gasteiger partial charge in [-0.25, -0.2) is 4.98 Å². The maximum absolute atomic E-state index is 12.9. The van der Waals surface area contributed by atoms with Gasteiger partial charge >= 0.3 is 6.18 Å². The van der Waals surface area contributed by atoms with Crippen molar-refractivity contribution in [2.75, 3.05) is 6.54 Å². The zero-order chi connectivity index (χ0) is 20.6. The highest BCUT2D eigenvalue weighted by molar-refractivity contribution is 5.81. The first-order valence-electron chi connectivity index (χ1n) is 8.56. The summed E-state index contributed by atoms with van der Waals surface area (Å²) in [6.45, 7) is -0.464. The van der Waals surface area contributed by atoms with E-state index < -0.39 is 41.7 Å². The van der Waals surface area contributed by atoms with Crippen LogP contribution < -0.4 is 5.56 Å². The zero-order valence-corrected chi connectivity index (χ0v) is 14.8. The van der Waals surface area contributed by atoms with Crippen molar-refractivity contribution in [1.82, 2.24) is 14.5 Å².